The Balaban J connectivity index is 1.43. The summed E-state index contributed by atoms with van der Waals surface area (Å²) < 4.78 is 1.12. The van der Waals surface area contributed by atoms with Crippen molar-refractivity contribution in [2.45, 2.75) is 23.8 Å². The van der Waals surface area contributed by atoms with Gasteiger partial charge in [-0.1, -0.05) is 131 Å². The van der Waals surface area contributed by atoms with Gasteiger partial charge >= 0.3 is 0 Å². The number of hydrogen-bond acceptors (Lipinski definition) is 1. The molecule has 5 aromatic rings. The molecule has 0 aromatic heterocycles. The number of fused-ring (bicyclic) bond motifs is 6. The second kappa shape index (κ2) is 8.68. The Morgan fingerprint density at radius 3 is 2.05 bits per heavy atom. The van der Waals surface area contributed by atoms with Gasteiger partial charge in [0.25, 0.3) is 0 Å². The van der Waals surface area contributed by atoms with E-state index in [0.29, 0.717) is 0 Å². The first kappa shape index (κ1) is 23.7. The smallest absolute Gasteiger partial charge is 0.0714 e. The van der Waals surface area contributed by atoms with Crippen molar-refractivity contribution in [2.75, 3.05) is 4.90 Å². The molecule has 5 aromatic carbocycles. The maximum Gasteiger partial charge on any atom is 0.0714 e. The molecule has 0 radical (unpaired) electrons. The van der Waals surface area contributed by atoms with Crippen LogP contribution < -0.4 is 4.90 Å². The van der Waals surface area contributed by atoms with Crippen molar-refractivity contribution in [2.24, 2.45) is 0 Å². The van der Waals surface area contributed by atoms with E-state index in [-0.39, 0.29) is 11.5 Å². The Bertz CT molecular complexity index is 1800. The van der Waals surface area contributed by atoms with Crippen molar-refractivity contribution >= 4 is 27.3 Å². The standard InChI is InChI=1S/C38H28BrN/c1-37-23-11-10-18-36(37)40(35-22-19-28(39)24-34(35)37)29-20-21-31-30-16-8-9-17-32(30)38(33(31)25-29,26-12-4-2-5-13-26)27-14-6-3-7-15-27/h2-25,36H,1H3. The van der Waals surface area contributed by atoms with Gasteiger partial charge in [0.1, 0.15) is 0 Å². The highest BCUT2D eigenvalue weighted by Crippen LogP contribution is 2.58. The SMILES string of the molecule is CC12C=CC=CC1N(c1ccc3c(c1)C(c1ccccc1)(c1ccccc1)c1ccccc1-3)c1ccc(Br)cc12. The quantitative estimate of drug-likeness (QED) is 0.202. The molecule has 0 spiro atoms. The van der Waals surface area contributed by atoms with E-state index >= 15 is 0 Å². The first-order chi connectivity index (χ1) is 19.6. The van der Waals surface area contributed by atoms with Crippen molar-refractivity contribution in [3.8, 4) is 11.1 Å². The van der Waals surface area contributed by atoms with Gasteiger partial charge in [0.05, 0.1) is 11.5 Å². The molecule has 0 fully saturated rings. The van der Waals surface area contributed by atoms with Gasteiger partial charge in [-0.2, -0.15) is 0 Å². The van der Waals surface area contributed by atoms with Crippen molar-refractivity contribution in [3.63, 3.8) is 0 Å². The normalized spacial score (nSPS) is 21.1. The molecular weight excluding hydrogens is 550 g/mol. The molecule has 40 heavy (non-hydrogen) atoms. The second-order valence-corrected chi connectivity index (χ2v) is 12.2. The lowest BCUT2D eigenvalue weighted by Crippen LogP contribution is -2.39. The molecule has 2 aliphatic carbocycles. The molecule has 0 saturated heterocycles. The Kier molecular flexibility index (Phi) is 5.15. The molecule has 0 N–H and O–H groups in total. The van der Waals surface area contributed by atoms with E-state index in [9.17, 15) is 0 Å². The Morgan fingerprint density at radius 1 is 0.625 bits per heavy atom. The lowest BCUT2D eigenvalue weighted by atomic mass is 9.67. The maximum atomic E-state index is 3.74. The van der Waals surface area contributed by atoms with E-state index < -0.39 is 5.41 Å². The minimum Gasteiger partial charge on any atom is -0.333 e. The monoisotopic (exact) mass is 577 g/mol. The summed E-state index contributed by atoms with van der Waals surface area (Å²) in [7, 11) is 0. The second-order valence-electron chi connectivity index (χ2n) is 11.3. The molecule has 2 unspecified atom stereocenters. The van der Waals surface area contributed by atoms with Crippen LogP contribution in [0.5, 0.6) is 0 Å². The van der Waals surface area contributed by atoms with Gasteiger partial charge in [-0.3, -0.25) is 0 Å². The average Bonchev–Trinajstić information content (AvgIpc) is 3.44. The minimum atomic E-state index is -0.404. The summed E-state index contributed by atoms with van der Waals surface area (Å²) in [5.74, 6) is 0. The van der Waals surface area contributed by atoms with Crippen molar-refractivity contribution in [1.29, 1.82) is 0 Å². The van der Waals surface area contributed by atoms with Gasteiger partial charge in [-0.05, 0) is 76.2 Å². The molecule has 0 saturated carbocycles. The van der Waals surface area contributed by atoms with E-state index in [1.54, 1.807) is 0 Å². The van der Waals surface area contributed by atoms with Crippen LogP contribution in [0, 0.1) is 0 Å². The van der Waals surface area contributed by atoms with E-state index in [1.165, 1.54) is 50.3 Å². The Hall–Kier alpha value is -4.14. The molecule has 0 amide bonds. The lowest BCUT2D eigenvalue weighted by molar-refractivity contribution is 0.550. The van der Waals surface area contributed by atoms with Crippen molar-refractivity contribution < 1.29 is 0 Å². The van der Waals surface area contributed by atoms with Gasteiger partial charge in [-0.25, -0.2) is 0 Å². The molecule has 1 aliphatic heterocycles. The molecular formula is C38H28BrN. The number of nitrogens with zero attached hydrogens (tertiary/aromatic N) is 1. The summed E-state index contributed by atoms with van der Waals surface area (Å²) >= 11 is 3.74. The van der Waals surface area contributed by atoms with Crippen LogP contribution in [0.25, 0.3) is 11.1 Å². The van der Waals surface area contributed by atoms with E-state index in [2.05, 4.69) is 173 Å². The van der Waals surface area contributed by atoms with E-state index in [0.717, 1.165) is 4.47 Å². The Labute approximate surface area is 244 Å². The summed E-state index contributed by atoms with van der Waals surface area (Å²) in [5.41, 5.74) is 11.2. The first-order valence-electron chi connectivity index (χ1n) is 13.9. The molecule has 1 heterocycles. The number of rotatable bonds is 3. The third-order valence-corrected chi connectivity index (χ3v) is 9.75. The highest BCUT2D eigenvalue weighted by molar-refractivity contribution is 9.10. The lowest BCUT2D eigenvalue weighted by Gasteiger charge is -2.36. The topological polar surface area (TPSA) is 3.24 Å². The Morgan fingerprint density at radius 2 is 1.30 bits per heavy atom. The zero-order valence-corrected chi connectivity index (χ0v) is 23.8. The van der Waals surface area contributed by atoms with Gasteiger partial charge in [0.2, 0.25) is 0 Å². The van der Waals surface area contributed by atoms with Crippen LogP contribution in [-0.2, 0) is 10.8 Å². The molecule has 192 valence electrons. The van der Waals surface area contributed by atoms with Crippen molar-refractivity contribution in [1.82, 2.24) is 0 Å². The van der Waals surface area contributed by atoms with Crippen molar-refractivity contribution in [3.05, 3.63) is 178 Å². The maximum absolute atomic E-state index is 3.74. The third kappa shape index (κ3) is 3.09. The van der Waals surface area contributed by atoms with Crippen LogP contribution in [0.2, 0.25) is 0 Å². The highest BCUT2D eigenvalue weighted by atomic mass is 79.9. The van der Waals surface area contributed by atoms with Gasteiger partial charge in [-0.15, -0.1) is 0 Å². The molecule has 8 rings (SSSR count). The van der Waals surface area contributed by atoms with Crippen LogP contribution in [0.4, 0.5) is 11.4 Å². The van der Waals surface area contributed by atoms with Crippen LogP contribution in [0.15, 0.2) is 150 Å². The zero-order valence-electron chi connectivity index (χ0n) is 22.3. The first-order valence-corrected chi connectivity index (χ1v) is 14.7. The number of halogens is 1. The fraction of sp³-hybridized carbons (Fsp3) is 0.105. The number of allylic oxidation sites excluding steroid dienone is 2. The summed E-state index contributed by atoms with van der Waals surface area (Å²) in [6.07, 6.45) is 9.11. The average molecular weight is 579 g/mol. The largest absolute Gasteiger partial charge is 0.333 e. The molecule has 2 atom stereocenters. The number of benzene rings is 5. The fourth-order valence-corrected chi connectivity index (χ4v) is 7.87. The summed E-state index contributed by atoms with van der Waals surface area (Å²) in [4.78, 5) is 2.55. The summed E-state index contributed by atoms with van der Waals surface area (Å²) in [5, 5.41) is 0. The zero-order chi connectivity index (χ0) is 26.9. The molecule has 0 bridgehead atoms. The summed E-state index contributed by atoms with van der Waals surface area (Å²) in [6.45, 7) is 2.37. The minimum absolute atomic E-state index is 0.105. The summed E-state index contributed by atoms with van der Waals surface area (Å²) in [6, 6.07) is 45.1. The van der Waals surface area contributed by atoms with Crippen LogP contribution in [0.1, 0.15) is 34.7 Å². The van der Waals surface area contributed by atoms with Gasteiger partial charge in [0.15, 0.2) is 0 Å². The van der Waals surface area contributed by atoms with Crippen LogP contribution in [0.3, 0.4) is 0 Å². The number of hydrogen-bond donors (Lipinski definition) is 0. The van der Waals surface area contributed by atoms with E-state index in [4.69, 9.17) is 0 Å². The predicted octanol–water partition coefficient (Wildman–Crippen LogP) is 9.72. The van der Waals surface area contributed by atoms with Gasteiger partial charge in [0, 0.05) is 21.3 Å². The molecule has 3 aliphatic rings. The fourth-order valence-electron chi connectivity index (χ4n) is 7.51. The molecule has 2 heteroatoms. The van der Waals surface area contributed by atoms with Gasteiger partial charge < -0.3 is 4.90 Å². The number of anilines is 2. The van der Waals surface area contributed by atoms with Crippen LogP contribution >= 0.6 is 15.9 Å². The van der Waals surface area contributed by atoms with E-state index in [1.807, 2.05) is 0 Å². The molecule has 1 nitrogen and oxygen atoms in total. The van der Waals surface area contributed by atoms with Crippen LogP contribution in [-0.4, -0.2) is 6.04 Å². The predicted molar refractivity (Wildman–Crippen MR) is 169 cm³/mol. The highest BCUT2D eigenvalue weighted by Gasteiger charge is 2.49. The third-order valence-electron chi connectivity index (χ3n) is 9.26.